The van der Waals surface area contributed by atoms with E-state index in [4.69, 9.17) is 9.46 Å². The van der Waals surface area contributed by atoms with Gasteiger partial charge in [0.1, 0.15) is 0 Å². The van der Waals surface area contributed by atoms with Gasteiger partial charge in [-0.3, -0.25) is 11.7 Å². The van der Waals surface area contributed by atoms with Gasteiger partial charge in [0.05, 0.1) is 0 Å². The molecular formula is CH8N2O2P+. The highest BCUT2D eigenvalue weighted by molar-refractivity contribution is 7.36. The van der Waals surface area contributed by atoms with E-state index in [9.17, 15) is 0 Å². The third-order valence-corrected chi connectivity index (χ3v) is 0. The Morgan fingerprint density at radius 1 is 1.67 bits per heavy atom. The number of hydrazine groups is 1. The van der Waals surface area contributed by atoms with Crippen LogP contribution in [0, 0.1) is 0 Å². The first-order chi connectivity index (χ1) is 2.73. The standard InChI is InChI=1S/CH3O2P.H4N2/c1-4(2)3;1-2/h1H3;1-2H2/p+1. The second kappa shape index (κ2) is 8.88. The number of rotatable bonds is 0. The van der Waals surface area contributed by atoms with Crippen LogP contribution in [0.4, 0.5) is 0 Å². The Labute approximate surface area is 37.0 Å². The summed E-state index contributed by atoms with van der Waals surface area (Å²) in [5.74, 6) is 8.00. The maximum absolute atomic E-state index is 9.15. The number of hydrogen-bond acceptors (Lipinski definition) is 3. The minimum Gasteiger partial charge on any atom is -0.274 e. The predicted octanol–water partition coefficient (Wildman–Crippen LogP) is -0.830. The third-order valence-electron chi connectivity index (χ3n) is 0. The molecule has 6 heavy (non-hydrogen) atoms. The minimum atomic E-state index is -1.87. The number of nitrogens with two attached hydrogens (primary N) is 2. The molecule has 0 aromatic heterocycles. The quantitative estimate of drug-likeness (QED) is 0.216. The Hall–Kier alpha value is -0.0200. The molecule has 38 valence electrons. The van der Waals surface area contributed by atoms with E-state index >= 15 is 0 Å². The summed E-state index contributed by atoms with van der Waals surface area (Å²) in [5.41, 5.74) is 0. The van der Waals surface area contributed by atoms with Crippen molar-refractivity contribution in [1.29, 1.82) is 0 Å². The van der Waals surface area contributed by atoms with Crippen LogP contribution in [-0.2, 0) is 4.57 Å². The summed E-state index contributed by atoms with van der Waals surface area (Å²) in [6.45, 7) is 1.23. The third kappa shape index (κ3) is 88400. The second-order valence-electron chi connectivity index (χ2n) is 0.464. The van der Waals surface area contributed by atoms with Gasteiger partial charge in [0, 0.05) is 0 Å². The molecule has 5 N–H and O–H groups in total. The van der Waals surface area contributed by atoms with E-state index < -0.39 is 8.03 Å². The minimum absolute atomic E-state index is 1.23. The lowest BCUT2D eigenvalue weighted by molar-refractivity contribution is 0.509. The molecule has 0 rings (SSSR count). The molecule has 0 saturated carbocycles. The highest BCUT2D eigenvalue weighted by Crippen LogP contribution is 1.99. The molecule has 0 aliphatic heterocycles. The molecule has 1 unspecified atom stereocenters. The molecule has 0 bridgehead atoms. The van der Waals surface area contributed by atoms with Crippen LogP contribution < -0.4 is 11.7 Å². The highest BCUT2D eigenvalue weighted by Gasteiger charge is 1.86. The predicted molar refractivity (Wildman–Crippen MR) is 24.1 cm³/mol. The molecule has 1 atom stereocenters. The van der Waals surface area contributed by atoms with Crippen molar-refractivity contribution < 1.29 is 9.46 Å². The molecule has 0 spiro atoms. The van der Waals surface area contributed by atoms with Crippen LogP contribution >= 0.6 is 8.03 Å². The van der Waals surface area contributed by atoms with Crippen LogP contribution in [0.3, 0.4) is 0 Å². The average Bonchev–Trinajstić information content (AvgIpc) is 1.41. The summed E-state index contributed by atoms with van der Waals surface area (Å²) >= 11 is 0. The summed E-state index contributed by atoms with van der Waals surface area (Å²) in [6.07, 6.45) is 0. The molecule has 0 heterocycles. The zero-order chi connectivity index (χ0) is 5.58. The molecule has 0 radical (unpaired) electrons. The highest BCUT2D eigenvalue weighted by atomic mass is 31.1. The van der Waals surface area contributed by atoms with E-state index in [1.807, 2.05) is 0 Å². The fourth-order valence-corrected chi connectivity index (χ4v) is 0. The van der Waals surface area contributed by atoms with Crippen molar-refractivity contribution in [3.8, 4) is 0 Å². The SMILES string of the molecule is C[P+](=O)O.NN. The summed E-state index contributed by atoms with van der Waals surface area (Å²) in [4.78, 5) is 7.56. The average molecular weight is 111 g/mol. The summed E-state index contributed by atoms with van der Waals surface area (Å²) in [5, 5.41) is 0. The second-order valence-corrected chi connectivity index (χ2v) is 1.39. The van der Waals surface area contributed by atoms with E-state index in [0.29, 0.717) is 0 Å². The van der Waals surface area contributed by atoms with E-state index in [0.717, 1.165) is 0 Å². The van der Waals surface area contributed by atoms with Crippen LogP contribution in [0.25, 0.3) is 0 Å². The summed E-state index contributed by atoms with van der Waals surface area (Å²) in [7, 11) is -1.87. The van der Waals surface area contributed by atoms with E-state index in [1.165, 1.54) is 6.66 Å². The molecule has 0 aromatic rings. The lowest BCUT2D eigenvalue weighted by atomic mass is 12.0. The molecule has 0 amide bonds. The van der Waals surface area contributed by atoms with Gasteiger partial charge in [-0.15, -0.1) is 0 Å². The molecule has 0 saturated heterocycles. The van der Waals surface area contributed by atoms with Gasteiger partial charge in [0.25, 0.3) is 0 Å². The smallest absolute Gasteiger partial charge is 0.274 e. The van der Waals surface area contributed by atoms with Gasteiger partial charge < -0.3 is 0 Å². The van der Waals surface area contributed by atoms with E-state index in [-0.39, 0.29) is 0 Å². The zero-order valence-electron chi connectivity index (χ0n) is 3.46. The number of hydrogen-bond donors (Lipinski definition) is 3. The van der Waals surface area contributed by atoms with E-state index in [1.54, 1.807) is 0 Å². The van der Waals surface area contributed by atoms with Gasteiger partial charge in [0.15, 0.2) is 6.66 Å². The Morgan fingerprint density at radius 2 is 1.67 bits per heavy atom. The molecule has 0 fully saturated rings. The summed E-state index contributed by atoms with van der Waals surface area (Å²) < 4.78 is 9.15. The van der Waals surface area contributed by atoms with Crippen molar-refractivity contribution in [2.75, 3.05) is 6.66 Å². The lowest BCUT2D eigenvalue weighted by Gasteiger charge is -1.36. The van der Waals surface area contributed by atoms with Crippen LogP contribution in [0.1, 0.15) is 0 Å². The Kier molecular flexibility index (Phi) is 13.9. The fourth-order valence-electron chi connectivity index (χ4n) is 0. The molecule has 0 aromatic carbocycles. The Morgan fingerprint density at radius 3 is 1.67 bits per heavy atom. The van der Waals surface area contributed by atoms with Crippen molar-refractivity contribution in [3.63, 3.8) is 0 Å². The van der Waals surface area contributed by atoms with E-state index in [2.05, 4.69) is 11.7 Å². The molecule has 0 aliphatic rings. The van der Waals surface area contributed by atoms with Gasteiger partial charge in [0.2, 0.25) is 0 Å². The molecule has 4 nitrogen and oxygen atoms in total. The van der Waals surface area contributed by atoms with Crippen molar-refractivity contribution in [3.05, 3.63) is 0 Å². The van der Waals surface area contributed by atoms with Gasteiger partial charge >= 0.3 is 8.03 Å². The fraction of sp³-hybridized carbons (Fsp3) is 1.00. The monoisotopic (exact) mass is 111 g/mol. The molecule has 0 aliphatic carbocycles. The van der Waals surface area contributed by atoms with Crippen LogP contribution in [0.2, 0.25) is 0 Å². The van der Waals surface area contributed by atoms with Crippen molar-refractivity contribution >= 4 is 8.03 Å². The van der Waals surface area contributed by atoms with Crippen LogP contribution in [-0.4, -0.2) is 11.6 Å². The van der Waals surface area contributed by atoms with Crippen molar-refractivity contribution in [2.24, 2.45) is 11.7 Å². The molecular weight excluding hydrogens is 103 g/mol. The van der Waals surface area contributed by atoms with Gasteiger partial charge in [-0.05, 0) is 4.57 Å². The van der Waals surface area contributed by atoms with Crippen LogP contribution in [0.5, 0.6) is 0 Å². The van der Waals surface area contributed by atoms with Crippen molar-refractivity contribution in [2.45, 2.75) is 0 Å². The molecule has 5 heteroatoms. The topological polar surface area (TPSA) is 89.3 Å². The zero-order valence-corrected chi connectivity index (χ0v) is 4.35. The normalized spacial score (nSPS) is 8.33. The summed E-state index contributed by atoms with van der Waals surface area (Å²) in [6, 6.07) is 0. The van der Waals surface area contributed by atoms with Gasteiger partial charge in [-0.25, -0.2) is 0 Å². The first kappa shape index (κ1) is 9.36. The van der Waals surface area contributed by atoms with Crippen LogP contribution in [0.15, 0.2) is 0 Å². The maximum Gasteiger partial charge on any atom is 0.502 e. The van der Waals surface area contributed by atoms with Gasteiger partial charge in [-0.1, -0.05) is 0 Å². The Bertz CT molecular complexity index is 34.5. The Balaban J connectivity index is 0. The largest absolute Gasteiger partial charge is 0.502 e. The van der Waals surface area contributed by atoms with Crippen molar-refractivity contribution in [1.82, 2.24) is 0 Å². The first-order valence-electron chi connectivity index (χ1n) is 1.16. The van der Waals surface area contributed by atoms with Gasteiger partial charge in [-0.2, -0.15) is 4.89 Å². The maximum atomic E-state index is 9.15. The lowest BCUT2D eigenvalue weighted by Crippen LogP contribution is -2.02. The first-order valence-corrected chi connectivity index (χ1v) is 2.82.